The molecule has 0 spiro atoms. The van der Waals surface area contributed by atoms with Crippen LogP contribution in [0.4, 0.5) is 0 Å². The Hall–Kier alpha value is -1.52. The van der Waals surface area contributed by atoms with Gasteiger partial charge in [0, 0.05) is 17.5 Å². The lowest BCUT2D eigenvalue weighted by atomic mass is 10.1. The van der Waals surface area contributed by atoms with Crippen molar-refractivity contribution < 1.29 is 9.47 Å². The van der Waals surface area contributed by atoms with Gasteiger partial charge in [0.15, 0.2) is 11.5 Å². The first-order valence-corrected chi connectivity index (χ1v) is 7.57. The highest BCUT2D eigenvalue weighted by Crippen LogP contribution is 2.27. The van der Waals surface area contributed by atoms with Gasteiger partial charge in [0.2, 0.25) is 0 Å². The van der Waals surface area contributed by atoms with Gasteiger partial charge in [-0.25, -0.2) is 0 Å². The number of methoxy groups -OCH3 is 2. The van der Waals surface area contributed by atoms with Crippen molar-refractivity contribution in [1.82, 2.24) is 5.32 Å². The zero-order valence-corrected chi connectivity index (χ0v) is 13.0. The van der Waals surface area contributed by atoms with Crippen LogP contribution in [0.15, 0.2) is 35.7 Å². The monoisotopic (exact) mass is 291 g/mol. The van der Waals surface area contributed by atoms with Gasteiger partial charge in [0.05, 0.1) is 14.2 Å². The number of rotatable bonds is 7. The minimum atomic E-state index is 0.412. The molecule has 0 aliphatic rings. The second kappa shape index (κ2) is 7.31. The summed E-state index contributed by atoms with van der Waals surface area (Å²) in [6.07, 6.45) is 0.964. The van der Waals surface area contributed by atoms with Crippen LogP contribution >= 0.6 is 11.3 Å². The fourth-order valence-electron chi connectivity index (χ4n) is 2.12. The van der Waals surface area contributed by atoms with Crippen LogP contribution in [0.25, 0.3) is 0 Å². The van der Waals surface area contributed by atoms with E-state index in [0.717, 1.165) is 24.5 Å². The van der Waals surface area contributed by atoms with Gasteiger partial charge in [-0.15, -0.1) is 11.3 Å². The second-order valence-corrected chi connectivity index (χ2v) is 5.79. The Morgan fingerprint density at radius 2 is 1.95 bits per heavy atom. The average Bonchev–Trinajstić information content (AvgIpc) is 2.98. The van der Waals surface area contributed by atoms with Crippen molar-refractivity contribution in [3.63, 3.8) is 0 Å². The van der Waals surface area contributed by atoms with Crippen molar-refractivity contribution in [2.24, 2.45) is 0 Å². The van der Waals surface area contributed by atoms with Gasteiger partial charge in [0.25, 0.3) is 0 Å². The molecule has 108 valence electrons. The van der Waals surface area contributed by atoms with Crippen LogP contribution in [-0.4, -0.2) is 20.3 Å². The van der Waals surface area contributed by atoms with Gasteiger partial charge in [0.1, 0.15) is 0 Å². The van der Waals surface area contributed by atoms with E-state index >= 15 is 0 Å². The maximum atomic E-state index is 5.33. The van der Waals surface area contributed by atoms with Crippen LogP contribution in [0.5, 0.6) is 11.5 Å². The molecular weight excluding hydrogens is 270 g/mol. The SMILES string of the molecule is COc1ccc(CC(C)NCc2cccs2)cc1OC. The molecule has 2 rings (SSSR count). The Morgan fingerprint density at radius 1 is 1.15 bits per heavy atom. The number of hydrogen-bond donors (Lipinski definition) is 1. The molecule has 0 aliphatic carbocycles. The second-order valence-electron chi connectivity index (χ2n) is 4.75. The molecule has 4 heteroatoms. The summed E-state index contributed by atoms with van der Waals surface area (Å²) in [5.74, 6) is 1.56. The number of thiophene rings is 1. The standard InChI is InChI=1S/C16H21NO2S/c1-12(17-11-14-5-4-8-20-14)9-13-6-7-15(18-2)16(10-13)19-3/h4-8,10,12,17H,9,11H2,1-3H3. The molecule has 20 heavy (non-hydrogen) atoms. The quantitative estimate of drug-likeness (QED) is 0.847. The Balaban J connectivity index is 1.91. The average molecular weight is 291 g/mol. The van der Waals surface area contributed by atoms with Gasteiger partial charge in [-0.1, -0.05) is 12.1 Å². The summed E-state index contributed by atoms with van der Waals surface area (Å²) in [4.78, 5) is 1.36. The topological polar surface area (TPSA) is 30.5 Å². The van der Waals surface area contributed by atoms with Gasteiger partial charge >= 0.3 is 0 Å². The van der Waals surface area contributed by atoms with Crippen LogP contribution in [-0.2, 0) is 13.0 Å². The third kappa shape index (κ3) is 3.99. The minimum Gasteiger partial charge on any atom is -0.493 e. The molecule has 1 heterocycles. The predicted molar refractivity (Wildman–Crippen MR) is 83.9 cm³/mol. The molecule has 1 aromatic heterocycles. The first-order chi connectivity index (χ1) is 9.72. The summed E-state index contributed by atoms with van der Waals surface area (Å²) < 4.78 is 10.6. The number of benzene rings is 1. The fourth-order valence-corrected chi connectivity index (χ4v) is 2.78. The Bertz CT molecular complexity index is 525. The van der Waals surface area contributed by atoms with E-state index in [9.17, 15) is 0 Å². The van der Waals surface area contributed by atoms with Gasteiger partial charge < -0.3 is 14.8 Å². The molecule has 0 amide bonds. The fraction of sp³-hybridized carbons (Fsp3) is 0.375. The molecule has 1 aromatic carbocycles. The lowest BCUT2D eigenvalue weighted by molar-refractivity contribution is 0.354. The highest BCUT2D eigenvalue weighted by molar-refractivity contribution is 7.09. The van der Waals surface area contributed by atoms with Gasteiger partial charge in [-0.3, -0.25) is 0 Å². The van der Waals surface area contributed by atoms with E-state index in [4.69, 9.17) is 9.47 Å². The lowest BCUT2D eigenvalue weighted by Crippen LogP contribution is -2.27. The molecule has 1 unspecified atom stereocenters. The van der Waals surface area contributed by atoms with Gasteiger partial charge in [-0.05, 0) is 42.5 Å². The first kappa shape index (κ1) is 14.9. The first-order valence-electron chi connectivity index (χ1n) is 6.69. The maximum absolute atomic E-state index is 5.33. The summed E-state index contributed by atoms with van der Waals surface area (Å²) in [7, 11) is 3.32. The summed E-state index contributed by atoms with van der Waals surface area (Å²) in [6.45, 7) is 3.12. The normalized spacial score (nSPS) is 12.2. The van der Waals surface area contributed by atoms with Crippen LogP contribution < -0.4 is 14.8 Å². The largest absolute Gasteiger partial charge is 0.493 e. The van der Waals surface area contributed by atoms with Crippen LogP contribution in [0.3, 0.4) is 0 Å². The smallest absolute Gasteiger partial charge is 0.160 e. The molecule has 0 fully saturated rings. The Labute approximate surface area is 124 Å². The van der Waals surface area contributed by atoms with E-state index < -0.39 is 0 Å². The summed E-state index contributed by atoms with van der Waals surface area (Å²) in [5, 5.41) is 5.65. The molecule has 1 N–H and O–H groups in total. The molecule has 0 aliphatic heterocycles. The van der Waals surface area contributed by atoms with Crippen LogP contribution in [0.2, 0.25) is 0 Å². The zero-order valence-electron chi connectivity index (χ0n) is 12.2. The molecule has 3 nitrogen and oxygen atoms in total. The summed E-state index contributed by atoms with van der Waals surface area (Å²) in [5.41, 5.74) is 1.24. The number of hydrogen-bond acceptors (Lipinski definition) is 4. The predicted octanol–water partition coefficient (Wildman–Crippen LogP) is 3.49. The van der Waals surface area contributed by atoms with Crippen molar-refractivity contribution in [2.75, 3.05) is 14.2 Å². The Morgan fingerprint density at radius 3 is 2.60 bits per heavy atom. The molecular formula is C16H21NO2S. The molecule has 1 atom stereocenters. The van der Waals surface area contributed by atoms with E-state index in [1.165, 1.54) is 10.4 Å². The van der Waals surface area contributed by atoms with E-state index in [2.05, 4.69) is 35.8 Å². The molecule has 2 aromatic rings. The molecule has 0 saturated heterocycles. The van der Waals surface area contributed by atoms with E-state index in [-0.39, 0.29) is 0 Å². The third-order valence-electron chi connectivity index (χ3n) is 3.19. The Kier molecular flexibility index (Phi) is 5.44. The number of nitrogens with one attached hydrogen (secondary N) is 1. The van der Waals surface area contributed by atoms with Gasteiger partial charge in [-0.2, -0.15) is 0 Å². The summed E-state index contributed by atoms with van der Waals surface area (Å²) in [6, 6.07) is 10.7. The van der Waals surface area contributed by atoms with Crippen molar-refractivity contribution in [3.05, 3.63) is 46.2 Å². The van der Waals surface area contributed by atoms with Crippen molar-refractivity contribution in [3.8, 4) is 11.5 Å². The minimum absolute atomic E-state index is 0.412. The van der Waals surface area contributed by atoms with Crippen LogP contribution in [0, 0.1) is 0 Å². The van der Waals surface area contributed by atoms with E-state index in [0.29, 0.717) is 6.04 Å². The van der Waals surface area contributed by atoms with E-state index in [1.54, 1.807) is 25.6 Å². The van der Waals surface area contributed by atoms with Crippen molar-refractivity contribution in [2.45, 2.75) is 25.9 Å². The molecule has 0 saturated carbocycles. The van der Waals surface area contributed by atoms with Crippen LogP contribution in [0.1, 0.15) is 17.4 Å². The summed E-state index contributed by atoms with van der Waals surface area (Å²) >= 11 is 1.78. The molecule has 0 radical (unpaired) electrons. The van der Waals surface area contributed by atoms with Crippen molar-refractivity contribution in [1.29, 1.82) is 0 Å². The number of ether oxygens (including phenoxy) is 2. The third-order valence-corrected chi connectivity index (χ3v) is 4.07. The maximum Gasteiger partial charge on any atom is 0.160 e. The van der Waals surface area contributed by atoms with Crippen molar-refractivity contribution >= 4 is 11.3 Å². The lowest BCUT2D eigenvalue weighted by Gasteiger charge is -2.15. The highest BCUT2D eigenvalue weighted by atomic mass is 32.1. The van der Waals surface area contributed by atoms with E-state index in [1.807, 2.05) is 12.1 Å². The zero-order chi connectivity index (χ0) is 14.4. The highest BCUT2D eigenvalue weighted by Gasteiger charge is 2.08. The molecule has 0 bridgehead atoms.